The zero-order chi connectivity index (χ0) is 31.7. The van der Waals surface area contributed by atoms with Crippen molar-refractivity contribution < 1.29 is 4.42 Å². The summed E-state index contributed by atoms with van der Waals surface area (Å²) in [6, 6.07) is 54.0. The Morgan fingerprint density at radius 2 is 1.06 bits per heavy atom. The highest BCUT2D eigenvalue weighted by Gasteiger charge is 2.36. The van der Waals surface area contributed by atoms with Crippen molar-refractivity contribution in [3.05, 3.63) is 157 Å². The molecule has 0 saturated carbocycles. The summed E-state index contributed by atoms with van der Waals surface area (Å²) < 4.78 is 6.32. The van der Waals surface area contributed by atoms with Gasteiger partial charge in [-0.25, -0.2) is 0 Å². The van der Waals surface area contributed by atoms with Gasteiger partial charge in [0.05, 0.1) is 0 Å². The summed E-state index contributed by atoms with van der Waals surface area (Å²) in [5.74, 6) is 0. The van der Waals surface area contributed by atoms with Crippen LogP contribution >= 0.6 is 0 Å². The topological polar surface area (TPSA) is 13.1 Å². The summed E-state index contributed by atoms with van der Waals surface area (Å²) in [6.45, 7) is 4.74. The summed E-state index contributed by atoms with van der Waals surface area (Å²) in [7, 11) is 0. The fourth-order valence-corrected chi connectivity index (χ4v) is 8.88. The van der Waals surface area contributed by atoms with Gasteiger partial charge >= 0.3 is 0 Å². The summed E-state index contributed by atoms with van der Waals surface area (Å²) in [6.07, 6.45) is 0. The van der Waals surface area contributed by atoms with E-state index < -0.39 is 0 Å². The smallest absolute Gasteiger partial charge is 0.136 e. The molecule has 0 saturated heterocycles. The van der Waals surface area contributed by atoms with Gasteiger partial charge in [0.1, 0.15) is 11.2 Å². The molecule has 1 nitrogen and oxygen atoms in total. The first kappa shape index (κ1) is 26.2. The third-order valence-corrected chi connectivity index (χ3v) is 11.2. The maximum absolute atomic E-state index is 6.32. The van der Waals surface area contributed by atoms with E-state index >= 15 is 0 Å². The van der Waals surface area contributed by atoms with Gasteiger partial charge in [0.15, 0.2) is 0 Å². The lowest BCUT2D eigenvalue weighted by Gasteiger charge is -2.22. The zero-order valence-electron chi connectivity index (χ0n) is 26.8. The number of benzene rings is 9. The molecule has 0 spiro atoms. The van der Waals surface area contributed by atoms with Crippen molar-refractivity contribution in [2.24, 2.45) is 0 Å². The second-order valence-corrected chi connectivity index (χ2v) is 14.1. The molecule has 0 aliphatic heterocycles. The van der Waals surface area contributed by atoms with E-state index in [2.05, 4.69) is 153 Å². The Hall–Kier alpha value is -5.92. The standard InChI is InChI=1S/C47H30O/c1-47(2)41-24-29(18-21-34(41)39-26-44-40(25-42(39)47)35-13-5-6-16-43(35)48-44)32-20-19-30-23-38(33-14-7-10-27-9-3-4-12-31(27)33)36-15-8-11-28-17-22-37(32)46(30)45(28)36/h3-26H,1-2H3. The maximum atomic E-state index is 6.32. The molecule has 1 aliphatic carbocycles. The molecule has 0 fully saturated rings. The fourth-order valence-electron chi connectivity index (χ4n) is 8.88. The van der Waals surface area contributed by atoms with Crippen molar-refractivity contribution in [2.75, 3.05) is 0 Å². The molecule has 10 aromatic rings. The van der Waals surface area contributed by atoms with Crippen molar-refractivity contribution in [1.29, 1.82) is 0 Å². The number of furan rings is 1. The van der Waals surface area contributed by atoms with Crippen LogP contribution in [-0.4, -0.2) is 0 Å². The van der Waals surface area contributed by atoms with Gasteiger partial charge in [-0.2, -0.15) is 0 Å². The van der Waals surface area contributed by atoms with Crippen molar-refractivity contribution in [1.82, 2.24) is 0 Å². The lowest BCUT2D eigenvalue weighted by atomic mass is 9.80. The number of rotatable bonds is 2. The van der Waals surface area contributed by atoms with Crippen molar-refractivity contribution in [3.63, 3.8) is 0 Å². The van der Waals surface area contributed by atoms with Crippen molar-refractivity contribution in [2.45, 2.75) is 19.3 Å². The summed E-state index contributed by atoms with van der Waals surface area (Å²) in [4.78, 5) is 0. The third-order valence-electron chi connectivity index (χ3n) is 11.2. The van der Waals surface area contributed by atoms with Crippen LogP contribution in [0.15, 0.2) is 150 Å². The molecule has 1 aliphatic rings. The number of para-hydroxylation sites is 1. The Balaban J connectivity index is 1.12. The van der Waals surface area contributed by atoms with Crippen LogP contribution in [0.4, 0.5) is 0 Å². The fraction of sp³-hybridized carbons (Fsp3) is 0.0638. The summed E-state index contributed by atoms with van der Waals surface area (Å²) >= 11 is 0. The monoisotopic (exact) mass is 610 g/mol. The van der Waals surface area contributed by atoms with Gasteiger partial charge in [-0.3, -0.25) is 0 Å². The maximum Gasteiger partial charge on any atom is 0.136 e. The molecule has 48 heavy (non-hydrogen) atoms. The Morgan fingerprint density at radius 3 is 2.00 bits per heavy atom. The SMILES string of the molecule is CC1(C)c2cc(-c3ccc4cc(-c5cccc6ccccc56)c5cccc6ccc3c4c65)ccc2-c2cc3oc4ccccc4c3cc21. The average molecular weight is 611 g/mol. The number of hydrogen-bond donors (Lipinski definition) is 0. The molecular weight excluding hydrogens is 581 g/mol. The Bertz CT molecular complexity index is 2970. The molecule has 0 radical (unpaired) electrons. The van der Waals surface area contributed by atoms with Crippen molar-refractivity contribution >= 4 is 65.0 Å². The minimum Gasteiger partial charge on any atom is -0.456 e. The molecule has 1 aromatic heterocycles. The number of fused-ring (bicyclic) bond motifs is 7. The van der Waals surface area contributed by atoms with Gasteiger partial charge in [-0.1, -0.05) is 129 Å². The minimum atomic E-state index is -0.135. The van der Waals surface area contributed by atoms with Gasteiger partial charge in [-0.05, 0) is 118 Å². The van der Waals surface area contributed by atoms with E-state index in [0.717, 1.165) is 11.2 Å². The highest BCUT2D eigenvalue weighted by Crippen LogP contribution is 2.52. The molecule has 0 atom stereocenters. The predicted molar refractivity (Wildman–Crippen MR) is 203 cm³/mol. The molecular formula is C47H30O. The van der Waals surface area contributed by atoms with E-state index in [1.807, 2.05) is 6.07 Å². The zero-order valence-corrected chi connectivity index (χ0v) is 26.8. The molecule has 1 heteroatoms. The van der Waals surface area contributed by atoms with E-state index in [4.69, 9.17) is 4.42 Å². The Labute approximate surface area is 278 Å². The van der Waals surface area contributed by atoms with Crippen LogP contribution in [0.2, 0.25) is 0 Å². The number of hydrogen-bond acceptors (Lipinski definition) is 1. The van der Waals surface area contributed by atoms with E-state index in [1.165, 1.54) is 98.4 Å². The molecule has 9 aromatic carbocycles. The lowest BCUT2D eigenvalue weighted by Crippen LogP contribution is -2.15. The van der Waals surface area contributed by atoms with E-state index in [-0.39, 0.29) is 5.41 Å². The van der Waals surface area contributed by atoms with Crippen LogP contribution in [0, 0.1) is 0 Å². The van der Waals surface area contributed by atoms with Gasteiger partial charge < -0.3 is 4.42 Å². The molecule has 224 valence electrons. The molecule has 1 heterocycles. The highest BCUT2D eigenvalue weighted by molar-refractivity contribution is 6.29. The first-order chi connectivity index (χ1) is 23.5. The van der Waals surface area contributed by atoms with Crippen LogP contribution in [0.1, 0.15) is 25.0 Å². The second kappa shape index (κ2) is 9.12. The second-order valence-electron chi connectivity index (χ2n) is 14.1. The summed E-state index contributed by atoms with van der Waals surface area (Å²) in [5.41, 5.74) is 12.2. The Kier molecular flexibility index (Phi) is 4.97. The molecule has 11 rings (SSSR count). The average Bonchev–Trinajstić information content (AvgIpc) is 3.60. The van der Waals surface area contributed by atoms with Crippen LogP contribution in [0.25, 0.3) is 98.4 Å². The summed E-state index contributed by atoms with van der Waals surface area (Å²) in [5, 5.41) is 12.8. The third kappa shape index (κ3) is 3.35. The van der Waals surface area contributed by atoms with Gasteiger partial charge in [0.2, 0.25) is 0 Å². The largest absolute Gasteiger partial charge is 0.456 e. The van der Waals surface area contributed by atoms with Crippen LogP contribution < -0.4 is 0 Å². The van der Waals surface area contributed by atoms with E-state index in [9.17, 15) is 0 Å². The minimum absolute atomic E-state index is 0.135. The van der Waals surface area contributed by atoms with Crippen molar-refractivity contribution in [3.8, 4) is 33.4 Å². The Morgan fingerprint density at radius 1 is 0.375 bits per heavy atom. The van der Waals surface area contributed by atoms with E-state index in [0.29, 0.717) is 0 Å². The lowest BCUT2D eigenvalue weighted by molar-refractivity contribution is 0.658. The van der Waals surface area contributed by atoms with Gasteiger partial charge in [-0.15, -0.1) is 0 Å². The van der Waals surface area contributed by atoms with E-state index in [1.54, 1.807) is 0 Å². The first-order valence-electron chi connectivity index (χ1n) is 16.8. The molecule has 0 N–H and O–H groups in total. The predicted octanol–water partition coefficient (Wildman–Crippen LogP) is 13.3. The molecule has 0 bridgehead atoms. The van der Waals surface area contributed by atoms with Crippen LogP contribution in [0.3, 0.4) is 0 Å². The normalized spacial score (nSPS) is 13.8. The highest BCUT2D eigenvalue weighted by atomic mass is 16.3. The quantitative estimate of drug-likeness (QED) is 0.178. The van der Waals surface area contributed by atoms with Gasteiger partial charge in [0.25, 0.3) is 0 Å². The molecule has 0 amide bonds. The van der Waals surface area contributed by atoms with Crippen LogP contribution in [0.5, 0.6) is 0 Å². The first-order valence-corrected chi connectivity index (χ1v) is 16.8. The van der Waals surface area contributed by atoms with Crippen LogP contribution in [-0.2, 0) is 5.41 Å². The molecule has 0 unspecified atom stereocenters. The van der Waals surface area contributed by atoms with Gasteiger partial charge in [0, 0.05) is 16.2 Å².